The van der Waals surface area contributed by atoms with Crippen LogP contribution in [-0.2, 0) is 9.84 Å². The number of rotatable bonds is 4. The lowest BCUT2D eigenvalue weighted by atomic mass is 9.99. The van der Waals surface area contributed by atoms with Crippen molar-refractivity contribution in [2.24, 2.45) is 0 Å². The van der Waals surface area contributed by atoms with Crippen molar-refractivity contribution in [2.45, 2.75) is 67.6 Å². The Balaban J connectivity index is 1.44. The third kappa shape index (κ3) is 3.40. The molecule has 9 nitrogen and oxygen atoms in total. The number of fused-ring (bicyclic) bond motifs is 5. The van der Waals surface area contributed by atoms with Gasteiger partial charge in [-0.15, -0.1) is 5.10 Å². The molecule has 3 atom stereocenters. The van der Waals surface area contributed by atoms with Crippen LogP contribution >= 0.6 is 0 Å². The summed E-state index contributed by atoms with van der Waals surface area (Å²) < 4.78 is 28.3. The van der Waals surface area contributed by atoms with E-state index in [1.807, 2.05) is 25.1 Å². The molecule has 34 heavy (non-hydrogen) atoms. The van der Waals surface area contributed by atoms with Gasteiger partial charge in [-0.2, -0.15) is 4.98 Å². The maximum Gasteiger partial charge on any atom is 0.281 e. The highest BCUT2D eigenvalue weighted by molar-refractivity contribution is 7.91. The van der Waals surface area contributed by atoms with E-state index in [0.29, 0.717) is 34.6 Å². The van der Waals surface area contributed by atoms with Crippen molar-refractivity contribution in [1.29, 1.82) is 0 Å². The fourth-order valence-electron chi connectivity index (χ4n) is 5.49. The van der Waals surface area contributed by atoms with Crippen molar-refractivity contribution >= 4 is 32.1 Å². The summed E-state index contributed by atoms with van der Waals surface area (Å²) in [5.74, 6) is 0. The molecule has 2 fully saturated rings. The Morgan fingerprint density at radius 2 is 1.82 bits per heavy atom. The monoisotopic (exact) mass is 478 g/mol. The first-order valence-corrected chi connectivity index (χ1v) is 13.0. The van der Waals surface area contributed by atoms with E-state index in [2.05, 4.69) is 25.9 Å². The highest BCUT2D eigenvalue weighted by Gasteiger charge is 2.33. The number of hydrogen-bond acceptors (Lipinski definition) is 7. The van der Waals surface area contributed by atoms with E-state index in [-0.39, 0.29) is 15.6 Å². The van der Waals surface area contributed by atoms with Gasteiger partial charge in [0.2, 0.25) is 14.9 Å². The van der Waals surface area contributed by atoms with E-state index in [1.54, 1.807) is 25.1 Å². The molecule has 2 saturated heterocycles. The van der Waals surface area contributed by atoms with Crippen LogP contribution in [0.25, 0.3) is 16.6 Å². The highest BCUT2D eigenvalue weighted by Crippen LogP contribution is 2.30. The zero-order chi connectivity index (χ0) is 23.6. The Morgan fingerprint density at radius 3 is 2.56 bits per heavy atom. The second-order valence-corrected chi connectivity index (χ2v) is 11.4. The van der Waals surface area contributed by atoms with Crippen LogP contribution in [0.1, 0.15) is 36.8 Å². The number of benzene rings is 2. The van der Waals surface area contributed by atoms with E-state index >= 15 is 0 Å². The number of nitrogens with zero attached hydrogens (tertiary/aromatic N) is 3. The van der Waals surface area contributed by atoms with Crippen LogP contribution in [0.15, 0.2) is 51.1 Å². The van der Waals surface area contributed by atoms with E-state index < -0.39 is 15.4 Å². The van der Waals surface area contributed by atoms with Crippen LogP contribution < -0.4 is 16.2 Å². The molecule has 0 aliphatic carbocycles. The second kappa shape index (κ2) is 7.64. The van der Waals surface area contributed by atoms with E-state index in [9.17, 15) is 13.2 Å². The van der Waals surface area contributed by atoms with Gasteiger partial charge in [0.1, 0.15) is 0 Å². The van der Waals surface area contributed by atoms with E-state index in [0.717, 1.165) is 24.1 Å². The second-order valence-electron chi connectivity index (χ2n) is 9.55. The first kappa shape index (κ1) is 21.3. The van der Waals surface area contributed by atoms with Crippen LogP contribution in [-0.4, -0.2) is 46.4 Å². The summed E-state index contributed by atoms with van der Waals surface area (Å²) in [5, 5.41) is 14.2. The van der Waals surface area contributed by atoms with Crippen molar-refractivity contribution in [1.82, 2.24) is 25.1 Å². The van der Waals surface area contributed by atoms with Crippen molar-refractivity contribution in [3.05, 3.63) is 57.9 Å². The van der Waals surface area contributed by atoms with E-state index in [1.165, 1.54) is 17.4 Å². The lowest BCUT2D eigenvalue weighted by molar-refractivity contribution is 0.378. The Morgan fingerprint density at radius 1 is 1.06 bits per heavy atom. The lowest BCUT2D eigenvalue weighted by Crippen LogP contribution is -2.43. The van der Waals surface area contributed by atoms with Gasteiger partial charge in [0.15, 0.2) is 5.65 Å². The maximum absolute atomic E-state index is 13.4. The van der Waals surface area contributed by atoms with Crippen molar-refractivity contribution in [2.75, 3.05) is 5.32 Å². The van der Waals surface area contributed by atoms with Gasteiger partial charge in [-0.3, -0.25) is 4.79 Å². The number of anilines is 1. The van der Waals surface area contributed by atoms with E-state index in [4.69, 9.17) is 0 Å². The summed E-state index contributed by atoms with van der Waals surface area (Å²) in [6.07, 6.45) is 4.55. The van der Waals surface area contributed by atoms with Crippen molar-refractivity contribution in [3.8, 4) is 0 Å². The number of hydrogen-bond donors (Lipinski definition) is 3. The van der Waals surface area contributed by atoms with Crippen molar-refractivity contribution < 1.29 is 8.42 Å². The standard InChI is InChI=1S/C24H26N6O3S/c1-13-3-8-21(14(2)9-13)34(32,33)24-22-27-23(31)19-7-6-17(12-20(19)30(22)29-28-24)26-18-10-15-4-5-16(11-18)25-15/h3,6-9,12,15-16,18,25-26,29H,4-5,10-11H2,1-2H3/t15-,16+,18?. The molecule has 0 amide bonds. The Bertz CT molecular complexity index is 1590. The average molecular weight is 479 g/mol. The first-order chi connectivity index (χ1) is 16.3. The molecular weight excluding hydrogens is 452 g/mol. The molecule has 3 N–H and O–H groups in total. The summed E-state index contributed by atoms with van der Waals surface area (Å²) in [4.78, 5) is 17.1. The van der Waals surface area contributed by atoms with Crippen LogP contribution in [0, 0.1) is 13.8 Å². The molecule has 0 spiro atoms. The fourth-order valence-corrected chi connectivity index (χ4v) is 6.97. The Kier molecular flexibility index (Phi) is 4.79. The van der Waals surface area contributed by atoms with Crippen LogP contribution in [0.4, 0.5) is 5.69 Å². The van der Waals surface area contributed by atoms with Gasteiger partial charge in [-0.05, 0) is 69.4 Å². The number of piperidine rings is 1. The molecule has 2 aliphatic heterocycles. The predicted molar refractivity (Wildman–Crippen MR) is 129 cm³/mol. The Labute approximate surface area is 196 Å². The topological polar surface area (TPSA) is 121 Å². The molecule has 2 bridgehead atoms. The summed E-state index contributed by atoms with van der Waals surface area (Å²) in [6, 6.07) is 12.1. The van der Waals surface area contributed by atoms with Crippen LogP contribution in [0.2, 0.25) is 0 Å². The molecule has 0 saturated carbocycles. The van der Waals surface area contributed by atoms with Gasteiger partial charge >= 0.3 is 0 Å². The van der Waals surface area contributed by atoms with Gasteiger partial charge in [-0.1, -0.05) is 17.7 Å². The molecule has 1 unspecified atom stereocenters. The minimum absolute atomic E-state index is 0.00506. The third-order valence-electron chi connectivity index (χ3n) is 7.05. The number of aromatic amines is 1. The van der Waals surface area contributed by atoms with Crippen molar-refractivity contribution in [3.63, 3.8) is 0 Å². The van der Waals surface area contributed by atoms with Crippen LogP contribution in [0.5, 0.6) is 0 Å². The zero-order valence-electron chi connectivity index (χ0n) is 19.0. The van der Waals surface area contributed by atoms with Crippen LogP contribution in [0.3, 0.4) is 0 Å². The number of aromatic nitrogens is 4. The minimum Gasteiger partial charge on any atom is -0.382 e. The predicted octanol–water partition coefficient (Wildman–Crippen LogP) is 2.72. The molecule has 6 rings (SSSR count). The molecule has 4 heterocycles. The molecule has 2 aliphatic rings. The average Bonchev–Trinajstić information content (AvgIpc) is 3.36. The smallest absolute Gasteiger partial charge is 0.281 e. The molecular formula is C24H26N6O3S. The van der Waals surface area contributed by atoms with Gasteiger partial charge in [0.05, 0.1) is 15.8 Å². The zero-order valence-corrected chi connectivity index (χ0v) is 19.8. The third-order valence-corrected chi connectivity index (χ3v) is 8.87. The van der Waals surface area contributed by atoms with Gasteiger partial charge in [-0.25, -0.2) is 18.1 Å². The van der Waals surface area contributed by atoms with Gasteiger partial charge in [0.25, 0.3) is 5.56 Å². The summed E-state index contributed by atoms with van der Waals surface area (Å²) in [7, 11) is -3.98. The minimum atomic E-state index is -3.98. The normalized spacial score (nSPS) is 22.5. The first-order valence-electron chi connectivity index (χ1n) is 11.6. The molecule has 176 valence electrons. The summed E-state index contributed by atoms with van der Waals surface area (Å²) in [6.45, 7) is 3.65. The molecule has 2 aromatic heterocycles. The highest BCUT2D eigenvalue weighted by atomic mass is 32.2. The number of nitrogens with one attached hydrogen (secondary N) is 3. The largest absolute Gasteiger partial charge is 0.382 e. The van der Waals surface area contributed by atoms with Gasteiger partial charge in [0, 0.05) is 23.8 Å². The van der Waals surface area contributed by atoms with Gasteiger partial charge < -0.3 is 10.6 Å². The summed E-state index contributed by atoms with van der Waals surface area (Å²) >= 11 is 0. The lowest BCUT2D eigenvalue weighted by Gasteiger charge is -2.30. The molecule has 4 aromatic rings. The molecule has 0 radical (unpaired) electrons. The molecule has 10 heteroatoms. The SMILES string of the molecule is Cc1ccc(S(=O)(=O)c2n[nH]n3c2nc(=O)c2ccc(NC4C[C@H]5CC[C@@H](C4)N5)cc23)c(C)c1. The quantitative estimate of drug-likeness (QED) is 0.412. The Hall–Kier alpha value is -3.24. The molecule has 2 aromatic carbocycles. The fraction of sp³-hybridized carbons (Fsp3) is 0.375. The summed E-state index contributed by atoms with van der Waals surface area (Å²) in [5.41, 5.74) is 2.50. The number of sulfone groups is 1. The number of H-pyrrole nitrogens is 1. The number of aryl methyl sites for hydroxylation is 2. The maximum atomic E-state index is 13.4.